The number of aliphatic carboxylic acids is 1. The summed E-state index contributed by atoms with van der Waals surface area (Å²) < 4.78 is 5.15. The van der Waals surface area contributed by atoms with Crippen LogP contribution in [0.1, 0.15) is 48.9 Å². The zero-order valence-electron chi connectivity index (χ0n) is 20.3. The number of rotatable bonds is 10. The van der Waals surface area contributed by atoms with Crippen molar-refractivity contribution >= 4 is 23.7 Å². The first-order valence-corrected chi connectivity index (χ1v) is 12.3. The molecule has 2 aliphatic heterocycles. The third-order valence-corrected chi connectivity index (χ3v) is 6.81. The number of likely N-dealkylation sites (tertiary alicyclic amines) is 1. The van der Waals surface area contributed by atoms with Crippen LogP contribution < -0.4 is 20.7 Å². The Morgan fingerprint density at radius 3 is 2.63 bits per heavy atom. The minimum atomic E-state index is -1.30. The van der Waals surface area contributed by atoms with Crippen LogP contribution >= 0.6 is 0 Å². The number of nitrogens with zero attached hydrogens (tertiary/aromatic N) is 1. The Balaban J connectivity index is 1.48. The second-order valence-corrected chi connectivity index (χ2v) is 9.22. The van der Waals surface area contributed by atoms with Gasteiger partial charge in [0.1, 0.15) is 11.8 Å². The molecule has 10 nitrogen and oxygen atoms in total. The summed E-state index contributed by atoms with van der Waals surface area (Å²) in [4.78, 5) is 51.5. The number of carboxylic acids is 1. The Morgan fingerprint density at radius 2 is 1.91 bits per heavy atom. The smallest absolute Gasteiger partial charge is 0.328 e. The molecule has 192 valence electrons. The number of methoxy groups -OCH3 is 1. The molecule has 0 saturated carbocycles. The maximum Gasteiger partial charge on any atom is 0.328 e. The standard InChI is InChI=1S/C25H36N4O6/c1-35-21-7-3-2-6-19(21)24(32)28-20(25(33)34)15-27-23(31)18-5-4-14-29(16-18)22(30)9-8-17-10-12-26-13-11-17/h2-3,6-7,17-18,20,26H,4-5,8-16H2,1H3,(H,27,31)(H,28,32)(H,33,34)/t18-,20-/m1/s1. The van der Waals surface area contributed by atoms with Crippen molar-refractivity contribution in [3.63, 3.8) is 0 Å². The van der Waals surface area contributed by atoms with Crippen LogP contribution in [0.2, 0.25) is 0 Å². The van der Waals surface area contributed by atoms with Crippen molar-refractivity contribution in [2.45, 2.75) is 44.6 Å². The zero-order chi connectivity index (χ0) is 25.2. The Bertz CT molecular complexity index is 902. The molecule has 1 aromatic rings. The zero-order valence-corrected chi connectivity index (χ0v) is 20.3. The van der Waals surface area contributed by atoms with Gasteiger partial charge in [0.25, 0.3) is 5.91 Å². The molecule has 2 saturated heterocycles. The monoisotopic (exact) mass is 488 g/mol. The Labute approximate surface area is 205 Å². The first-order valence-electron chi connectivity index (χ1n) is 12.3. The van der Waals surface area contributed by atoms with Gasteiger partial charge in [-0.3, -0.25) is 14.4 Å². The lowest BCUT2D eigenvalue weighted by Crippen LogP contribution is -2.51. The maximum absolute atomic E-state index is 12.8. The van der Waals surface area contributed by atoms with Gasteiger partial charge in [0, 0.05) is 26.1 Å². The van der Waals surface area contributed by atoms with Gasteiger partial charge in [-0.25, -0.2) is 4.79 Å². The van der Waals surface area contributed by atoms with Gasteiger partial charge < -0.3 is 30.7 Å². The molecule has 0 bridgehead atoms. The van der Waals surface area contributed by atoms with E-state index in [0.717, 1.165) is 38.8 Å². The lowest BCUT2D eigenvalue weighted by Gasteiger charge is -2.33. The van der Waals surface area contributed by atoms with Crippen LogP contribution in [0.15, 0.2) is 24.3 Å². The summed E-state index contributed by atoms with van der Waals surface area (Å²) in [5.74, 6) is -1.59. The van der Waals surface area contributed by atoms with Crippen LogP contribution in [0.25, 0.3) is 0 Å². The molecular weight excluding hydrogens is 452 g/mol. The van der Waals surface area contributed by atoms with Gasteiger partial charge in [0.2, 0.25) is 11.8 Å². The van der Waals surface area contributed by atoms with Gasteiger partial charge in [-0.15, -0.1) is 0 Å². The number of benzene rings is 1. The first kappa shape index (κ1) is 26.5. The second-order valence-electron chi connectivity index (χ2n) is 9.22. The number of carbonyl (C=O) groups is 4. The summed E-state index contributed by atoms with van der Waals surface area (Å²) in [5.41, 5.74) is 0.207. The molecule has 0 radical (unpaired) electrons. The fourth-order valence-electron chi connectivity index (χ4n) is 4.69. The van der Waals surface area contributed by atoms with Crippen LogP contribution in [0, 0.1) is 11.8 Å². The number of piperidine rings is 2. The van der Waals surface area contributed by atoms with E-state index in [1.54, 1.807) is 23.1 Å². The third-order valence-electron chi connectivity index (χ3n) is 6.81. The second kappa shape index (κ2) is 13.1. The number of carbonyl (C=O) groups excluding carboxylic acids is 3. The summed E-state index contributed by atoms with van der Waals surface area (Å²) >= 11 is 0. The summed E-state index contributed by atoms with van der Waals surface area (Å²) in [7, 11) is 1.42. The van der Waals surface area contributed by atoms with Crippen molar-refractivity contribution in [3.8, 4) is 5.75 Å². The minimum absolute atomic E-state index is 0.0773. The highest BCUT2D eigenvalue weighted by Crippen LogP contribution is 2.22. The van der Waals surface area contributed by atoms with Crippen LogP contribution in [0.4, 0.5) is 0 Å². The molecule has 2 heterocycles. The molecular formula is C25H36N4O6. The lowest BCUT2D eigenvalue weighted by molar-refractivity contribution is -0.139. The van der Waals surface area contributed by atoms with E-state index in [2.05, 4.69) is 16.0 Å². The number of nitrogens with one attached hydrogen (secondary N) is 3. The lowest BCUT2D eigenvalue weighted by atomic mass is 9.92. The molecule has 2 atom stereocenters. The van der Waals surface area contributed by atoms with E-state index in [-0.39, 0.29) is 23.9 Å². The highest BCUT2D eigenvalue weighted by Gasteiger charge is 2.30. The predicted octanol–water partition coefficient (Wildman–Crippen LogP) is 1.01. The summed E-state index contributed by atoms with van der Waals surface area (Å²) in [6.07, 6.45) is 4.92. The van der Waals surface area contributed by atoms with Crippen molar-refractivity contribution in [2.75, 3.05) is 39.8 Å². The van der Waals surface area contributed by atoms with Crippen molar-refractivity contribution < 1.29 is 29.0 Å². The number of amides is 3. The molecule has 35 heavy (non-hydrogen) atoms. The Morgan fingerprint density at radius 1 is 1.17 bits per heavy atom. The van der Waals surface area contributed by atoms with E-state index in [4.69, 9.17) is 4.74 Å². The van der Waals surface area contributed by atoms with Gasteiger partial charge in [0.15, 0.2) is 0 Å². The first-order chi connectivity index (χ1) is 16.9. The van der Waals surface area contributed by atoms with Crippen LogP contribution in [-0.2, 0) is 14.4 Å². The molecule has 10 heteroatoms. The molecule has 3 rings (SSSR count). The topological polar surface area (TPSA) is 137 Å². The number of hydrogen-bond acceptors (Lipinski definition) is 6. The van der Waals surface area contributed by atoms with E-state index in [1.165, 1.54) is 13.2 Å². The van der Waals surface area contributed by atoms with Gasteiger partial charge in [-0.05, 0) is 63.2 Å². The van der Waals surface area contributed by atoms with Gasteiger partial charge in [0.05, 0.1) is 18.6 Å². The third kappa shape index (κ3) is 7.68. The number of hydrogen-bond donors (Lipinski definition) is 4. The van der Waals surface area contributed by atoms with E-state index in [1.807, 2.05) is 0 Å². The fraction of sp³-hybridized carbons (Fsp3) is 0.600. The molecule has 0 unspecified atom stereocenters. The van der Waals surface area contributed by atoms with Crippen molar-refractivity contribution in [3.05, 3.63) is 29.8 Å². The molecule has 0 spiro atoms. The quantitative estimate of drug-likeness (QED) is 0.386. The highest BCUT2D eigenvalue weighted by atomic mass is 16.5. The van der Waals surface area contributed by atoms with Crippen molar-refractivity contribution in [2.24, 2.45) is 11.8 Å². The van der Waals surface area contributed by atoms with Crippen LogP contribution in [0.5, 0.6) is 5.75 Å². The molecule has 0 aliphatic carbocycles. The van der Waals surface area contributed by atoms with Gasteiger partial charge in [-0.1, -0.05) is 12.1 Å². The van der Waals surface area contributed by atoms with E-state index < -0.39 is 23.8 Å². The molecule has 3 amide bonds. The molecule has 1 aromatic carbocycles. The molecule has 4 N–H and O–H groups in total. The minimum Gasteiger partial charge on any atom is -0.496 e. The normalized spacial score (nSPS) is 19.5. The average Bonchev–Trinajstić information content (AvgIpc) is 2.89. The van der Waals surface area contributed by atoms with Gasteiger partial charge >= 0.3 is 5.97 Å². The summed E-state index contributed by atoms with van der Waals surface area (Å²) in [6, 6.07) is 5.19. The largest absolute Gasteiger partial charge is 0.496 e. The van der Waals surface area contributed by atoms with Gasteiger partial charge in [-0.2, -0.15) is 0 Å². The number of ether oxygens (including phenoxy) is 1. The van der Waals surface area contributed by atoms with Crippen molar-refractivity contribution in [1.82, 2.24) is 20.9 Å². The Hall–Kier alpha value is -3.14. The number of para-hydroxylation sites is 1. The SMILES string of the molecule is COc1ccccc1C(=O)N[C@H](CNC(=O)[C@@H]1CCCN(C(=O)CCC2CCNCC2)C1)C(=O)O. The van der Waals surface area contributed by atoms with Crippen molar-refractivity contribution in [1.29, 1.82) is 0 Å². The molecule has 2 fully saturated rings. The van der Waals surface area contributed by atoms with E-state index >= 15 is 0 Å². The van der Waals surface area contributed by atoms with E-state index in [9.17, 15) is 24.3 Å². The maximum atomic E-state index is 12.8. The highest BCUT2D eigenvalue weighted by molar-refractivity contribution is 5.99. The summed E-state index contributed by atoms with van der Waals surface area (Å²) in [5, 5.41) is 18.0. The molecule has 0 aromatic heterocycles. The predicted molar refractivity (Wildman–Crippen MR) is 129 cm³/mol. The van der Waals surface area contributed by atoms with E-state index in [0.29, 0.717) is 37.6 Å². The number of carboxylic acid groups (broad SMARTS) is 1. The average molecular weight is 489 g/mol. The fourth-order valence-corrected chi connectivity index (χ4v) is 4.69. The Kier molecular flexibility index (Phi) is 9.89. The van der Waals surface area contributed by atoms with Crippen LogP contribution in [0.3, 0.4) is 0 Å². The van der Waals surface area contributed by atoms with Crippen LogP contribution in [-0.4, -0.2) is 79.6 Å². The molecule has 2 aliphatic rings. The summed E-state index contributed by atoms with van der Waals surface area (Å²) in [6.45, 7) is 2.72.